The molecule has 0 aliphatic carbocycles. The molecule has 0 aromatic carbocycles. The highest BCUT2D eigenvalue weighted by molar-refractivity contribution is 7.89. The van der Waals surface area contributed by atoms with E-state index in [1.54, 1.807) is 13.8 Å². The lowest BCUT2D eigenvalue weighted by Crippen LogP contribution is -2.44. The Kier molecular flexibility index (Phi) is 4.56. The van der Waals surface area contributed by atoms with Crippen LogP contribution in [0.4, 0.5) is 0 Å². The normalized spacial score (nSPS) is 13.2. The molecule has 4 N–H and O–H groups in total. The van der Waals surface area contributed by atoms with E-state index in [1.807, 2.05) is 0 Å². The van der Waals surface area contributed by atoms with Crippen molar-refractivity contribution in [1.29, 1.82) is 0 Å². The number of nitrogens with zero attached hydrogens (tertiary/aromatic N) is 1. The molecule has 0 saturated heterocycles. The summed E-state index contributed by atoms with van der Waals surface area (Å²) in [4.78, 5) is 22.8. The van der Waals surface area contributed by atoms with Gasteiger partial charge in [0.05, 0.1) is 0 Å². The zero-order chi connectivity index (χ0) is 15.7. The number of aromatic nitrogens is 1. The van der Waals surface area contributed by atoms with Crippen molar-refractivity contribution in [3.8, 4) is 0 Å². The van der Waals surface area contributed by atoms with E-state index in [0.717, 1.165) is 6.07 Å². The van der Waals surface area contributed by atoms with Gasteiger partial charge in [-0.25, -0.2) is 18.4 Å². The van der Waals surface area contributed by atoms with Crippen LogP contribution in [-0.2, 0) is 21.9 Å². The van der Waals surface area contributed by atoms with Crippen molar-refractivity contribution in [2.75, 3.05) is 0 Å². The van der Waals surface area contributed by atoms with E-state index in [9.17, 15) is 18.0 Å². The van der Waals surface area contributed by atoms with Crippen LogP contribution in [0, 0.1) is 5.92 Å². The first-order valence-electron chi connectivity index (χ1n) is 5.77. The van der Waals surface area contributed by atoms with E-state index >= 15 is 0 Å². The Morgan fingerprint density at radius 1 is 1.40 bits per heavy atom. The molecular weight excluding hydrogens is 286 g/mol. The van der Waals surface area contributed by atoms with Crippen LogP contribution in [0.5, 0.6) is 0 Å². The molecule has 0 bridgehead atoms. The Balaban J connectivity index is 3.04. The van der Waals surface area contributed by atoms with Crippen molar-refractivity contribution < 1.29 is 23.1 Å². The number of carbonyl (C=O) groups is 2. The fourth-order valence-corrected chi connectivity index (χ4v) is 2.23. The lowest BCUT2D eigenvalue weighted by atomic mass is 10.0. The number of carbonyl (C=O) groups excluding carboxylic acids is 1. The number of nitrogens with one attached hydrogen (secondary N) is 1. The summed E-state index contributed by atoms with van der Waals surface area (Å²) in [6.45, 7) is 3.31. The highest BCUT2D eigenvalue weighted by Crippen LogP contribution is 2.12. The topological polar surface area (TPSA) is 131 Å². The number of amides is 1. The van der Waals surface area contributed by atoms with Crippen LogP contribution < -0.4 is 10.5 Å². The number of nitrogens with two attached hydrogens (primary N) is 1. The lowest BCUT2D eigenvalue weighted by molar-refractivity contribution is -0.140. The van der Waals surface area contributed by atoms with E-state index in [0.29, 0.717) is 0 Å². The molecule has 1 amide bonds. The monoisotopic (exact) mass is 303 g/mol. The summed E-state index contributed by atoms with van der Waals surface area (Å²) in [5.74, 6) is -2.15. The van der Waals surface area contributed by atoms with Crippen LogP contribution in [0.2, 0.25) is 0 Å². The van der Waals surface area contributed by atoms with Gasteiger partial charge in [0.1, 0.15) is 16.6 Å². The second kappa shape index (κ2) is 5.63. The fourth-order valence-electron chi connectivity index (χ4n) is 1.64. The van der Waals surface area contributed by atoms with Gasteiger partial charge in [-0.15, -0.1) is 0 Å². The molecule has 8 nitrogen and oxygen atoms in total. The third kappa shape index (κ3) is 3.58. The zero-order valence-electron chi connectivity index (χ0n) is 11.3. The molecule has 1 aromatic heterocycles. The molecule has 0 aliphatic heterocycles. The van der Waals surface area contributed by atoms with E-state index < -0.39 is 27.9 Å². The molecule has 9 heteroatoms. The number of carboxylic acid groups (broad SMARTS) is 1. The van der Waals surface area contributed by atoms with E-state index in [-0.39, 0.29) is 16.5 Å². The zero-order valence-corrected chi connectivity index (χ0v) is 12.1. The van der Waals surface area contributed by atoms with Crippen LogP contribution in [0.15, 0.2) is 17.2 Å². The van der Waals surface area contributed by atoms with Gasteiger partial charge in [0.2, 0.25) is 10.0 Å². The second-order valence-electron chi connectivity index (χ2n) is 4.75. The Bertz CT molecular complexity index is 632. The second-order valence-corrected chi connectivity index (χ2v) is 6.31. The van der Waals surface area contributed by atoms with Crippen LogP contribution in [0.1, 0.15) is 24.3 Å². The van der Waals surface area contributed by atoms with E-state index in [2.05, 4.69) is 5.32 Å². The maximum Gasteiger partial charge on any atom is 0.326 e. The number of primary sulfonamides is 1. The summed E-state index contributed by atoms with van der Waals surface area (Å²) in [7, 11) is -2.45. The summed E-state index contributed by atoms with van der Waals surface area (Å²) in [6, 6.07) is 0.0412. The van der Waals surface area contributed by atoms with Gasteiger partial charge in [-0.05, 0) is 12.0 Å². The highest BCUT2D eigenvalue weighted by atomic mass is 32.2. The molecule has 0 radical (unpaired) electrons. The number of sulfonamides is 1. The molecular formula is C11H17N3O5S. The number of aryl methyl sites for hydroxylation is 1. The summed E-state index contributed by atoms with van der Waals surface area (Å²) >= 11 is 0. The molecule has 0 spiro atoms. The molecule has 1 rings (SSSR count). The molecule has 0 fully saturated rings. The van der Waals surface area contributed by atoms with Crippen molar-refractivity contribution in [3.63, 3.8) is 0 Å². The van der Waals surface area contributed by atoms with Crippen LogP contribution in [-0.4, -0.2) is 36.0 Å². The maximum atomic E-state index is 12.0. The van der Waals surface area contributed by atoms with Crippen molar-refractivity contribution in [2.45, 2.75) is 24.8 Å². The Morgan fingerprint density at radius 2 is 1.95 bits per heavy atom. The summed E-state index contributed by atoms with van der Waals surface area (Å²) in [5.41, 5.74) is 0.0147. The smallest absolute Gasteiger partial charge is 0.326 e. The SMILES string of the molecule is CC(C)[C@@H](NC(=O)c1cc(S(N)(=O)=O)cn1C)C(=O)O. The molecule has 112 valence electrons. The van der Waals surface area contributed by atoms with Gasteiger partial charge in [-0.2, -0.15) is 0 Å². The largest absolute Gasteiger partial charge is 0.480 e. The van der Waals surface area contributed by atoms with Gasteiger partial charge in [0, 0.05) is 13.2 Å². The number of rotatable bonds is 5. The van der Waals surface area contributed by atoms with Crippen molar-refractivity contribution in [2.24, 2.45) is 18.1 Å². The predicted molar refractivity (Wildman–Crippen MR) is 70.5 cm³/mol. The third-order valence-electron chi connectivity index (χ3n) is 2.76. The number of aliphatic carboxylic acids is 1. The van der Waals surface area contributed by atoms with Gasteiger partial charge in [0.15, 0.2) is 0 Å². The molecule has 1 aromatic rings. The minimum atomic E-state index is -3.92. The number of hydrogen-bond acceptors (Lipinski definition) is 4. The van der Waals surface area contributed by atoms with Crippen molar-refractivity contribution in [3.05, 3.63) is 18.0 Å². The molecule has 1 heterocycles. The summed E-state index contributed by atoms with van der Waals surface area (Å²) in [5, 5.41) is 16.3. The standard InChI is InChI=1S/C11H17N3O5S/c1-6(2)9(11(16)17)13-10(15)8-4-7(5-14(8)3)20(12,18)19/h4-6,9H,1-3H3,(H,13,15)(H,16,17)(H2,12,18,19)/t9-/m1/s1. The maximum absolute atomic E-state index is 12.0. The van der Waals surface area contributed by atoms with Gasteiger partial charge in [0.25, 0.3) is 5.91 Å². The minimum absolute atomic E-state index is 0.0147. The van der Waals surface area contributed by atoms with Crippen LogP contribution >= 0.6 is 0 Å². The molecule has 1 atom stereocenters. The van der Waals surface area contributed by atoms with Gasteiger partial charge in [-0.3, -0.25) is 4.79 Å². The summed E-state index contributed by atoms with van der Waals surface area (Å²) < 4.78 is 23.7. The predicted octanol–water partition coefficient (Wildman–Crippen LogP) is -0.488. The average Bonchev–Trinajstić information content (AvgIpc) is 2.66. The average molecular weight is 303 g/mol. The summed E-state index contributed by atoms with van der Waals surface area (Å²) in [6.07, 6.45) is 1.19. The van der Waals surface area contributed by atoms with Crippen LogP contribution in [0.3, 0.4) is 0 Å². The van der Waals surface area contributed by atoms with Gasteiger partial charge in [-0.1, -0.05) is 13.8 Å². The van der Waals surface area contributed by atoms with Crippen LogP contribution in [0.25, 0.3) is 0 Å². The highest BCUT2D eigenvalue weighted by Gasteiger charge is 2.26. The lowest BCUT2D eigenvalue weighted by Gasteiger charge is -2.17. The van der Waals surface area contributed by atoms with Crippen molar-refractivity contribution in [1.82, 2.24) is 9.88 Å². The first-order chi connectivity index (χ1) is 9.04. The first kappa shape index (κ1) is 16.2. The third-order valence-corrected chi connectivity index (χ3v) is 3.64. The Morgan fingerprint density at radius 3 is 2.30 bits per heavy atom. The Labute approximate surface area is 116 Å². The van der Waals surface area contributed by atoms with Gasteiger partial charge >= 0.3 is 5.97 Å². The number of carboxylic acids is 1. The molecule has 0 unspecified atom stereocenters. The van der Waals surface area contributed by atoms with Gasteiger partial charge < -0.3 is 15.0 Å². The Hall–Kier alpha value is -1.87. The fraction of sp³-hybridized carbons (Fsp3) is 0.455. The van der Waals surface area contributed by atoms with E-state index in [4.69, 9.17) is 10.2 Å². The molecule has 0 saturated carbocycles. The van der Waals surface area contributed by atoms with E-state index in [1.165, 1.54) is 17.8 Å². The quantitative estimate of drug-likeness (QED) is 0.675. The first-order valence-corrected chi connectivity index (χ1v) is 7.31. The molecule has 0 aliphatic rings. The number of hydrogen-bond donors (Lipinski definition) is 3. The molecule has 20 heavy (non-hydrogen) atoms. The minimum Gasteiger partial charge on any atom is -0.480 e. The van der Waals surface area contributed by atoms with Crippen molar-refractivity contribution >= 4 is 21.9 Å².